The molecule has 0 aromatic heterocycles. The molecule has 0 fully saturated rings. The fraction of sp³-hybridized carbons (Fsp3) is 0.143. The van der Waals surface area contributed by atoms with Crippen LogP contribution in [0.2, 0.25) is 0 Å². The average Bonchev–Trinajstić information content (AvgIpc) is 2.84. The van der Waals surface area contributed by atoms with E-state index in [4.69, 9.17) is 9.15 Å². The highest BCUT2D eigenvalue weighted by molar-refractivity contribution is 5.79. The Bertz CT molecular complexity index is 643. The maximum atomic E-state index is 5.34. The third kappa shape index (κ3) is 1.62. The largest absolute Gasteiger partial charge is 0.497 e. The van der Waals surface area contributed by atoms with Crippen molar-refractivity contribution in [1.29, 1.82) is 0 Å². The summed E-state index contributed by atoms with van der Waals surface area (Å²) >= 11 is 0. The molecule has 0 bridgehead atoms. The molecule has 1 aromatic carbocycles. The lowest BCUT2D eigenvalue weighted by molar-refractivity contribution is 0.415. The van der Waals surface area contributed by atoms with Gasteiger partial charge in [0.05, 0.1) is 18.9 Å². The summed E-state index contributed by atoms with van der Waals surface area (Å²) in [4.78, 5) is 0. The molecule has 0 aliphatic carbocycles. The van der Waals surface area contributed by atoms with Gasteiger partial charge in [0.2, 0.25) is 5.89 Å². The van der Waals surface area contributed by atoms with E-state index in [9.17, 15) is 0 Å². The highest BCUT2D eigenvalue weighted by Gasteiger charge is 2.19. The number of rotatable bonds is 2. The van der Waals surface area contributed by atoms with Crippen molar-refractivity contribution in [2.75, 3.05) is 7.11 Å². The summed E-state index contributed by atoms with van der Waals surface area (Å²) in [7, 11) is 1.65. The van der Waals surface area contributed by atoms with Crippen LogP contribution in [0.1, 0.15) is 5.56 Å². The van der Waals surface area contributed by atoms with E-state index in [1.165, 1.54) is 0 Å². The second-order valence-electron chi connectivity index (χ2n) is 4.06. The van der Waals surface area contributed by atoms with Gasteiger partial charge in [0.15, 0.2) is 0 Å². The molecular formula is C14H12N2O2. The predicted molar refractivity (Wildman–Crippen MR) is 67.6 cm³/mol. The molecule has 90 valence electrons. The fourth-order valence-corrected chi connectivity index (χ4v) is 1.97. The van der Waals surface area contributed by atoms with Crippen molar-refractivity contribution < 1.29 is 9.15 Å². The van der Waals surface area contributed by atoms with Crippen LogP contribution in [0.15, 0.2) is 41.0 Å². The molecule has 2 aliphatic heterocycles. The van der Waals surface area contributed by atoms with Crippen molar-refractivity contribution in [3.63, 3.8) is 0 Å². The van der Waals surface area contributed by atoms with Gasteiger partial charge in [-0.25, -0.2) is 0 Å². The number of aryl methyl sites for hydroxylation is 1. The molecule has 2 aliphatic rings. The Morgan fingerprint density at radius 3 is 2.56 bits per heavy atom. The SMILES string of the molecule is COc1ccc(-c2nnc3occc(C)c2-3)cc1. The summed E-state index contributed by atoms with van der Waals surface area (Å²) in [5.74, 6) is 1.39. The predicted octanol–water partition coefficient (Wildman–Crippen LogP) is 3.16. The van der Waals surface area contributed by atoms with Crippen LogP contribution in [0, 0.1) is 6.92 Å². The molecule has 0 spiro atoms. The number of nitrogens with zero attached hydrogens (tertiary/aromatic N) is 2. The highest BCUT2D eigenvalue weighted by atomic mass is 16.5. The summed E-state index contributed by atoms with van der Waals surface area (Å²) in [6, 6.07) is 9.67. The topological polar surface area (TPSA) is 48.2 Å². The summed E-state index contributed by atoms with van der Waals surface area (Å²) in [6.45, 7) is 2.02. The second kappa shape index (κ2) is 4.14. The Hall–Kier alpha value is -2.36. The van der Waals surface area contributed by atoms with Crippen molar-refractivity contribution in [2.45, 2.75) is 6.92 Å². The Labute approximate surface area is 105 Å². The van der Waals surface area contributed by atoms with E-state index in [2.05, 4.69) is 10.2 Å². The van der Waals surface area contributed by atoms with Crippen molar-refractivity contribution in [1.82, 2.24) is 10.2 Å². The zero-order chi connectivity index (χ0) is 12.5. The number of hydrogen-bond acceptors (Lipinski definition) is 4. The lowest BCUT2D eigenvalue weighted by atomic mass is 10.0. The minimum atomic E-state index is 0.570. The first kappa shape index (κ1) is 10.8. The fourth-order valence-electron chi connectivity index (χ4n) is 1.97. The van der Waals surface area contributed by atoms with Gasteiger partial charge in [-0.3, -0.25) is 0 Å². The smallest absolute Gasteiger partial charge is 0.248 e. The molecule has 0 atom stereocenters. The molecule has 1 aromatic rings. The lowest BCUT2D eigenvalue weighted by Gasteiger charge is -2.04. The van der Waals surface area contributed by atoms with E-state index in [0.717, 1.165) is 28.1 Å². The van der Waals surface area contributed by atoms with Gasteiger partial charge in [0, 0.05) is 5.56 Å². The van der Waals surface area contributed by atoms with Crippen LogP contribution < -0.4 is 4.74 Å². The van der Waals surface area contributed by atoms with Gasteiger partial charge in [0.25, 0.3) is 0 Å². The molecule has 0 radical (unpaired) electrons. The van der Waals surface area contributed by atoms with Gasteiger partial charge < -0.3 is 9.15 Å². The molecule has 4 heteroatoms. The van der Waals surface area contributed by atoms with Gasteiger partial charge in [0.1, 0.15) is 11.4 Å². The monoisotopic (exact) mass is 240 g/mol. The van der Waals surface area contributed by atoms with Gasteiger partial charge in [-0.15, -0.1) is 10.2 Å². The first-order valence-corrected chi connectivity index (χ1v) is 5.64. The van der Waals surface area contributed by atoms with Crippen LogP contribution in [0.3, 0.4) is 0 Å². The minimum Gasteiger partial charge on any atom is -0.497 e. The van der Waals surface area contributed by atoms with Gasteiger partial charge in [-0.2, -0.15) is 0 Å². The summed E-state index contributed by atoms with van der Waals surface area (Å²) in [5, 5.41) is 8.25. The first-order chi connectivity index (χ1) is 8.79. The van der Waals surface area contributed by atoms with Crippen LogP contribution in [0.5, 0.6) is 5.75 Å². The molecule has 2 heterocycles. The molecule has 0 amide bonds. The van der Waals surface area contributed by atoms with Gasteiger partial charge in [-0.05, 0) is 42.8 Å². The van der Waals surface area contributed by atoms with Crippen LogP contribution in [-0.2, 0) is 0 Å². The Morgan fingerprint density at radius 1 is 1.06 bits per heavy atom. The highest BCUT2D eigenvalue weighted by Crippen LogP contribution is 2.34. The van der Waals surface area contributed by atoms with Crippen molar-refractivity contribution in [2.24, 2.45) is 0 Å². The Morgan fingerprint density at radius 2 is 1.83 bits per heavy atom. The van der Waals surface area contributed by atoms with Gasteiger partial charge in [-0.1, -0.05) is 0 Å². The number of benzene rings is 1. The number of hydrogen-bond donors (Lipinski definition) is 0. The standard InChI is InChI=1S/C14H12N2O2/c1-9-7-8-18-14-12(9)13(15-16-14)10-3-5-11(17-2)6-4-10/h3-8H,1-2H3. The molecule has 18 heavy (non-hydrogen) atoms. The van der Waals surface area contributed by atoms with Crippen molar-refractivity contribution >= 4 is 0 Å². The molecule has 0 saturated heterocycles. The minimum absolute atomic E-state index is 0.570. The van der Waals surface area contributed by atoms with Crippen LogP contribution in [-0.4, -0.2) is 17.3 Å². The summed E-state index contributed by atoms with van der Waals surface area (Å²) in [6.07, 6.45) is 1.63. The van der Waals surface area contributed by atoms with E-state index in [1.807, 2.05) is 37.3 Å². The summed E-state index contributed by atoms with van der Waals surface area (Å²) in [5.41, 5.74) is 3.91. The number of ether oxygens (including phenoxy) is 1. The molecule has 0 unspecified atom stereocenters. The van der Waals surface area contributed by atoms with E-state index in [-0.39, 0.29) is 0 Å². The normalized spacial score (nSPS) is 10.8. The second-order valence-corrected chi connectivity index (χ2v) is 4.06. The number of aromatic nitrogens is 2. The van der Waals surface area contributed by atoms with E-state index < -0.39 is 0 Å². The van der Waals surface area contributed by atoms with E-state index >= 15 is 0 Å². The third-order valence-corrected chi connectivity index (χ3v) is 2.95. The zero-order valence-electron chi connectivity index (χ0n) is 10.2. The number of fused-ring (bicyclic) bond motifs is 1. The summed E-state index contributed by atoms with van der Waals surface area (Å²) < 4.78 is 10.5. The van der Waals surface area contributed by atoms with Crippen molar-refractivity contribution in [3.8, 4) is 28.5 Å². The molecule has 0 saturated carbocycles. The quantitative estimate of drug-likeness (QED) is 0.690. The molecule has 0 N–H and O–H groups in total. The molecule has 3 rings (SSSR count). The van der Waals surface area contributed by atoms with Crippen LogP contribution in [0.25, 0.3) is 22.7 Å². The first-order valence-electron chi connectivity index (χ1n) is 5.64. The molecular weight excluding hydrogens is 228 g/mol. The maximum Gasteiger partial charge on any atom is 0.248 e. The number of methoxy groups -OCH3 is 1. The average molecular weight is 240 g/mol. The third-order valence-electron chi connectivity index (χ3n) is 2.95. The van der Waals surface area contributed by atoms with Crippen molar-refractivity contribution in [3.05, 3.63) is 42.2 Å². The maximum absolute atomic E-state index is 5.34. The van der Waals surface area contributed by atoms with Crippen LogP contribution in [0.4, 0.5) is 0 Å². The van der Waals surface area contributed by atoms with Crippen LogP contribution >= 0.6 is 0 Å². The Balaban J connectivity index is 2.14. The Kier molecular flexibility index (Phi) is 2.48. The van der Waals surface area contributed by atoms with E-state index in [1.54, 1.807) is 13.4 Å². The lowest BCUT2D eigenvalue weighted by Crippen LogP contribution is -1.86. The van der Waals surface area contributed by atoms with E-state index in [0.29, 0.717) is 5.89 Å². The zero-order valence-corrected chi connectivity index (χ0v) is 10.2. The van der Waals surface area contributed by atoms with Gasteiger partial charge >= 0.3 is 0 Å². The molecule has 4 nitrogen and oxygen atoms in total.